The average Bonchev–Trinajstić information content (AvgIpc) is 2.73. The van der Waals surface area contributed by atoms with Gasteiger partial charge >= 0.3 is 0 Å². The first-order valence-corrected chi connectivity index (χ1v) is 10.8. The molecule has 152 valence electrons. The summed E-state index contributed by atoms with van der Waals surface area (Å²) >= 11 is 3.68. The molecule has 0 radical (unpaired) electrons. The molecule has 3 aromatic carbocycles. The second-order valence-electron chi connectivity index (χ2n) is 7.07. The van der Waals surface area contributed by atoms with Crippen LogP contribution in [-0.2, 0) is 13.2 Å². The number of ether oxygens (including phenoxy) is 2. The number of benzene rings is 3. The van der Waals surface area contributed by atoms with Crippen molar-refractivity contribution in [2.45, 2.75) is 40.0 Å². The zero-order valence-electron chi connectivity index (χ0n) is 17.2. The molecule has 4 heteroatoms. The maximum Gasteiger partial charge on any atom is 0.175 e. The summed E-state index contributed by atoms with van der Waals surface area (Å²) in [4.78, 5) is 0. The lowest BCUT2D eigenvalue weighted by Crippen LogP contribution is -2.18. The van der Waals surface area contributed by atoms with Crippen LogP contribution < -0.4 is 14.8 Å². The number of halogens is 1. The number of aryl methyl sites for hydroxylation is 1. The van der Waals surface area contributed by atoms with E-state index in [0.717, 1.165) is 28.1 Å². The van der Waals surface area contributed by atoms with Crippen molar-refractivity contribution in [3.05, 3.63) is 93.5 Å². The molecule has 0 aliphatic heterocycles. The lowest BCUT2D eigenvalue weighted by Gasteiger charge is -2.18. The van der Waals surface area contributed by atoms with Crippen LogP contribution in [0.3, 0.4) is 0 Å². The van der Waals surface area contributed by atoms with Crippen LogP contribution in [0.5, 0.6) is 11.5 Å². The minimum absolute atomic E-state index is 0.266. The van der Waals surface area contributed by atoms with Crippen molar-refractivity contribution in [2.75, 3.05) is 6.61 Å². The summed E-state index contributed by atoms with van der Waals surface area (Å²) in [5.41, 5.74) is 4.81. The van der Waals surface area contributed by atoms with E-state index in [9.17, 15) is 0 Å². The molecular weight excluding hydrogens is 426 g/mol. The highest BCUT2D eigenvalue weighted by Gasteiger charge is 2.14. The van der Waals surface area contributed by atoms with Gasteiger partial charge in [0.05, 0.1) is 11.1 Å². The summed E-state index contributed by atoms with van der Waals surface area (Å²) < 4.78 is 12.9. The van der Waals surface area contributed by atoms with E-state index in [1.807, 2.05) is 25.1 Å². The standard InChI is InChI=1S/C25H28BrNO2/c1-4-28-24-15-20(16-27-19(3)21-11-6-5-7-12-21)14-23(26)25(24)29-17-22-13-9-8-10-18(22)2/h5-15,19,27H,4,16-17H2,1-3H3/t19-/m0/s1. The van der Waals surface area contributed by atoms with Crippen molar-refractivity contribution < 1.29 is 9.47 Å². The Bertz CT molecular complexity index is 927. The molecule has 1 atom stereocenters. The van der Waals surface area contributed by atoms with Gasteiger partial charge in [-0.2, -0.15) is 0 Å². The minimum atomic E-state index is 0.266. The number of rotatable bonds is 9. The number of hydrogen-bond acceptors (Lipinski definition) is 3. The van der Waals surface area contributed by atoms with Gasteiger partial charge in [-0.05, 0) is 71.1 Å². The molecular formula is C25H28BrNO2. The highest BCUT2D eigenvalue weighted by Crippen LogP contribution is 2.37. The summed E-state index contributed by atoms with van der Waals surface area (Å²) in [6, 6.07) is 23.1. The molecule has 0 aliphatic rings. The van der Waals surface area contributed by atoms with E-state index in [1.165, 1.54) is 16.7 Å². The van der Waals surface area contributed by atoms with E-state index in [-0.39, 0.29) is 6.04 Å². The van der Waals surface area contributed by atoms with Gasteiger partial charge in [-0.15, -0.1) is 0 Å². The normalized spacial score (nSPS) is 11.9. The first kappa shape index (κ1) is 21.4. The molecule has 0 fully saturated rings. The highest BCUT2D eigenvalue weighted by molar-refractivity contribution is 9.10. The Balaban J connectivity index is 1.72. The summed E-state index contributed by atoms with van der Waals surface area (Å²) in [6.45, 7) is 8.10. The lowest BCUT2D eigenvalue weighted by atomic mass is 10.1. The quantitative estimate of drug-likeness (QED) is 0.396. The van der Waals surface area contributed by atoms with Crippen molar-refractivity contribution in [3.8, 4) is 11.5 Å². The van der Waals surface area contributed by atoms with Gasteiger partial charge in [-0.3, -0.25) is 0 Å². The molecule has 0 bridgehead atoms. The predicted molar refractivity (Wildman–Crippen MR) is 123 cm³/mol. The van der Waals surface area contributed by atoms with Crippen LogP contribution in [0, 0.1) is 6.92 Å². The largest absolute Gasteiger partial charge is 0.490 e. The van der Waals surface area contributed by atoms with Crippen molar-refractivity contribution in [1.29, 1.82) is 0 Å². The van der Waals surface area contributed by atoms with E-state index >= 15 is 0 Å². The third-order valence-electron chi connectivity index (χ3n) is 4.91. The fourth-order valence-electron chi connectivity index (χ4n) is 3.18. The Labute approximate surface area is 182 Å². The molecule has 0 aromatic heterocycles. The topological polar surface area (TPSA) is 30.5 Å². The van der Waals surface area contributed by atoms with Crippen LogP contribution in [0.1, 0.15) is 42.1 Å². The third kappa shape index (κ3) is 5.84. The molecule has 0 heterocycles. The predicted octanol–water partition coefficient (Wildman–Crippen LogP) is 6.59. The first-order chi connectivity index (χ1) is 14.1. The van der Waals surface area contributed by atoms with Gasteiger partial charge in [0.25, 0.3) is 0 Å². The zero-order valence-corrected chi connectivity index (χ0v) is 18.8. The summed E-state index contributed by atoms with van der Waals surface area (Å²) in [5, 5.41) is 3.58. The Kier molecular flexibility index (Phi) is 7.73. The molecule has 0 spiro atoms. The highest BCUT2D eigenvalue weighted by atomic mass is 79.9. The monoisotopic (exact) mass is 453 g/mol. The van der Waals surface area contributed by atoms with Crippen molar-refractivity contribution in [3.63, 3.8) is 0 Å². The van der Waals surface area contributed by atoms with Gasteiger partial charge in [0, 0.05) is 12.6 Å². The zero-order chi connectivity index (χ0) is 20.6. The van der Waals surface area contributed by atoms with Gasteiger partial charge < -0.3 is 14.8 Å². The van der Waals surface area contributed by atoms with Crippen LogP contribution in [-0.4, -0.2) is 6.61 Å². The Morgan fingerprint density at radius 1 is 0.966 bits per heavy atom. The molecule has 0 unspecified atom stereocenters. The Hall–Kier alpha value is -2.30. The summed E-state index contributed by atoms with van der Waals surface area (Å²) in [6.07, 6.45) is 0. The van der Waals surface area contributed by atoms with Gasteiger partial charge in [-0.1, -0.05) is 54.6 Å². The second-order valence-corrected chi connectivity index (χ2v) is 7.92. The Morgan fingerprint density at radius 2 is 1.69 bits per heavy atom. The van der Waals surface area contributed by atoms with Crippen molar-refractivity contribution >= 4 is 15.9 Å². The van der Waals surface area contributed by atoms with Gasteiger partial charge in [-0.25, -0.2) is 0 Å². The molecule has 0 aliphatic carbocycles. The fraction of sp³-hybridized carbons (Fsp3) is 0.280. The third-order valence-corrected chi connectivity index (χ3v) is 5.50. The molecule has 3 aromatic rings. The maximum atomic E-state index is 6.14. The van der Waals surface area contributed by atoms with Crippen LogP contribution in [0.25, 0.3) is 0 Å². The molecule has 0 amide bonds. The van der Waals surface area contributed by atoms with E-state index in [4.69, 9.17) is 9.47 Å². The minimum Gasteiger partial charge on any atom is -0.490 e. The molecule has 3 nitrogen and oxygen atoms in total. The second kappa shape index (κ2) is 10.5. The number of hydrogen-bond donors (Lipinski definition) is 1. The van der Waals surface area contributed by atoms with Gasteiger partial charge in [0.1, 0.15) is 6.61 Å². The number of nitrogens with one attached hydrogen (secondary N) is 1. The lowest BCUT2D eigenvalue weighted by molar-refractivity contribution is 0.267. The molecule has 0 saturated carbocycles. The SMILES string of the molecule is CCOc1cc(CN[C@@H](C)c2ccccc2)cc(Br)c1OCc1ccccc1C. The van der Waals surface area contributed by atoms with E-state index < -0.39 is 0 Å². The van der Waals surface area contributed by atoms with Gasteiger partial charge in [0.2, 0.25) is 0 Å². The van der Waals surface area contributed by atoms with Crippen molar-refractivity contribution in [2.24, 2.45) is 0 Å². The molecule has 0 saturated heterocycles. The van der Waals surface area contributed by atoms with Gasteiger partial charge in [0.15, 0.2) is 11.5 Å². The van der Waals surface area contributed by atoms with Crippen LogP contribution in [0.15, 0.2) is 71.2 Å². The van der Waals surface area contributed by atoms with Crippen LogP contribution in [0.2, 0.25) is 0 Å². The fourth-order valence-corrected chi connectivity index (χ4v) is 3.78. The van der Waals surface area contributed by atoms with E-state index in [0.29, 0.717) is 13.2 Å². The van der Waals surface area contributed by atoms with Crippen LogP contribution in [0.4, 0.5) is 0 Å². The first-order valence-electron chi connectivity index (χ1n) is 9.99. The Morgan fingerprint density at radius 3 is 2.41 bits per heavy atom. The van der Waals surface area contributed by atoms with Crippen LogP contribution >= 0.6 is 15.9 Å². The van der Waals surface area contributed by atoms with E-state index in [1.54, 1.807) is 0 Å². The maximum absolute atomic E-state index is 6.14. The molecule has 3 rings (SSSR count). The summed E-state index contributed by atoms with van der Waals surface area (Å²) in [7, 11) is 0. The molecule has 29 heavy (non-hydrogen) atoms. The molecule has 1 N–H and O–H groups in total. The average molecular weight is 454 g/mol. The smallest absolute Gasteiger partial charge is 0.175 e. The summed E-state index contributed by atoms with van der Waals surface area (Å²) in [5.74, 6) is 1.51. The van der Waals surface area contributed by atoms with E-state index in [2.05, 4.69) is 83.6 Å². The van der Waals surface area contributed by atoms with Crippen molar-refractivity contribution in [1.82, 2.24) is 5.32 Å².